The SMILES string of the molecule is O=C(O)C1CC2c3ccccc3NC2C(c2ccccc2)N1. The van der Waals surface area contributed by atoms with Gasteiger partial charge in [-0.25, -0.2) is 0 Å². The highest BCUT2D eigenvalue weighted by Crippen LogP contribution is 2.46. The maximum absolute atomic E-state index is 11.5. The summed E-state index contributed by atoms with van der Waals surface area (Å²) in [4.78, 5) is 11.5. The second-order valence-corrected chi connectivity index (χ2v) is 6.05. The minimum atomic E-state index is -0.774. The molecule has 0 amide bonds. The smallest absolute Gasteiger partial charge is 0.320 e. The largest absolute Gasteiger partial charge is 0.480 e. The predicted octanol–water partition coefficient (Wildman–Crippen LogP) is 2.75. The highest BCUT2D eigenvalue weighted by atomic mass is 16.4. The summed E-state index contributed by atoms with van der Waals surface area (Å²) in [6, 6.07) is 18.0. The van der Waals surface area contributed by atoms with Crippen molar-refractivity contribution in [2.75, 3.05) is 5.32 Å². The number of para-hydroxylation sites is 1. The number of carboxylic acid groups (broad SMARTS) is 1. The first-order chi connectivity index (χ1) is 10.7. The highest BCUT2D eigenvalue weighted by molar-refractivity contribution is 5.75. The van der Waals surface area contributed by atoms with E-state index in [0.717, 1.165) is 11.3 Å². The van der Waals surface area contributed by atoms with Crippen molar-refractivity contribution in [3.05, 3.63) is 65.7 Å². The van der Waals surface area contributed by atoms with Gasteiger partial charge in [0.1, 0.15) is 6.04 Å². The Morgan fingerprint density at radius 3 is 2.55 bits per heavy atom. The van der Waals surface area contributed by atoms with Gasteiger partial charge in [-0.05, 0) is 23.6 Å². The van der Waals surface area contributed by atoms with Gasteiger partial charge in [0.2, 0.25) is 0 Å². The molecular formula is C18H18N2O2. The summed E-state index contributed by atoms with van der Waals surface area (Å²) >= 11 is 0. The summed E-state index contributed by atoms with van der Waals surface area (Å²) in [7, 11) is 0. The number of hydrogen-bond donors (Lipinski definition) is 3. The van der Waals surface area contributed by atoms with Crippen molar-refractivity contribution in [3.8, 4) is 0 Å². The van der Waals surface area contributed by atoms with Gasteiger partial charge in [0.15, 0.2) is 0 Å². The van der Waals surface area contributed by atoms with E-state index in [0.29, 0.717) is 6.42 Å². The van der Waals surface area contributed by atoms with E-state index in [2.05, 4.69) is 34.9 Å². The van der Waals surface area contributed by atoms with Gasteiger partial charge >= 0.3 is 5.97 Å². The van der Waals surface area contributed by atoms with Crippen LogP contribution in [0, 0.1) is 0 Å². The molecule has 2 heterocycles. The maximum atomic E-state index is 11.5. The Kier molecular flexibility index (Phi) is 3.12. The number of fused-ring (bicyclic) bond motifs is 3. The van der Waals surface area contributed by atoms with Crippen molar-refractivity contribution < 1.29 is 9.90 Å². The van der Waals surface area contributed by atoms with Gasteiger partial charge in [0.05, 0.1) is 12.1 Å². The van der Waals surface area contributed by atoms with Crippen LogP contribution in [-0.2, 0) is 4.79 Å². The molecule has 112 valence electrons. The van der Waals surface area contributed by atoms with Crippen molar-refractivity contribution in [2.24, 2.45) is 0 Å². The van der Waals surface area contributed by atoms with E-state index in [1.165, 1.54) is 5.56 Å². The topological polar surface area (TPSA) is 61.4 Å². The zero-order chi connectivity index (χ0) is 15.1. The van der Waals surface area contributed by atoms with Crippen molar-refractivity contribution >= 4 is 11.7 Å². The Hall–Kier alpha value is -2.33. The second-order valence-electron chi connectivity index (χ2n) is 6.05. The molecule has 4 rings (SSSR count). The molecule has 0 saturated carbocycles. The molecule has 4 nitrogen and oxygen atoms in total. The van der Waals surface area contributed by atoms with Crippen LogP contribution in [0.1, 0.15) is 29.5 Å². The van der Waals surface area contributed by atoms with E-state index in [-0.39, 0.29) is 18.0 Å². The third kappa shape index (κ3) is 2.07. The van der Waals surface area contributed by atoms with Gasteiger partial charge in [-0.15, -0.1) is 0 Å². The number of carboxylic acids is 1. The van der Waals surface area contributed by atoms with Gasteiger partial charge in [0, 0.05) is 11.6 Å². The lowest BCUT2D eigenvalue weighted by atomic mass is 9.79. The Morgan fingerprint density at radius 1 is 1.05 bits per heavy atom. The summed E-state index contributed by atoms with van der Waals surface area (Å²) in [5.74, 6) is -0.549. The molecule has 2 aliphatic rings. The molecule has 2 aromatic rings. The summed E-state index contributed by atoms with van der Waals surface area (Å²) in [6.45, 7) is 0. The number of aliphatic carboxylic acids is 1. The molecule has 2 aromatic carbocycles. The minimum Gasteiger partial charge on any atom is -0.480 e. The van der Waals surface area contributed by atoms with E-state index < -0.39 is 12.0 Å². The molecule has 4 unspecified atom stereocenters. The zero-order valence-electron chi connectivity index (χ0n) is 12.1. The van der Waals surface area contributed by atoms with Crippen LogP contribution in [0.25, 0.3) is 0 Å². The normalized spacial score (nSPS) is 29.3. The number of piperidine rings is 1. The van der Waals surface area contributed by atoms with Crippen LogP contribution < -0.4 is 10.6 Å². The summed E-state index contributed by atoms with van der Waals surface area (Å²) in [5, 5.41) is 16.4. The lowest BCUT2D eigenvalue weighted by molar-refractivity contribution is -0.140. The van der Waals surface area contributed by atoms with Crippen LogP contribution in [-0.4, -0.2) is 23.2 Å². The van der Waals surface area contributed by atoms with Crippen molar-refractivity contribution in [2.45, 2.75) is 30.5 Å². The Labute approximate surface area is 129 Å². The number of rotatable bonds is 2. The monoisotopic (exact) mass is 294 g/mol. The molecule has 0 radical (unpaired) electrons. The first-order valence-corrected chi connectivity index (χ1v) is 7.63. The predicted molar refractivity (Wildman–Crippen MR) is 85.0 cm³/mol. The average molecular weight is 294 g/mol. The third-order valence-corrected chi connectivity index (χ3v) is 4.80. The standard InChI is InChI=1S/C18H18N2O2/c21-18(22)15-10-13-12-8-4-5-9-14(12)19-17(13)16(20-15)11-6-2-1-3-7-11/h1-9,13,15-17,19-20H,10H2,(H,21,22). The number of anilines is 1. The van der Waals surface area contributed by atoms with E-state index in [4.69, 9.17) is 0 Å². The van der Waals surface area contributed by atoms with Crippen molar-refractivity contribution in [1.29, 1.82) is 0 Å². The van der Waals surface area contributed by atoms with Crippen LogP contribution in [0.3, 0.4) is 0 Å². The van der Waals surface area contributed by atoms with Gasteiger partial charge in [-0.3, -0.25) is 10.1 Å². The van der Waals surface area contributed by atoms with E-state index in [1.54, 1.807) is 0 Å². The maximum Gasteiger partial charge on any atom is 0.320 e. The molecule has 0 aromatic heterocycles. The molecule has 1 saturated heterocycles. The van der Waals surface area contributed by atoms with Gasteiger partial charge in [-0.1, -0.05) is 48.5 Å². The number of carbonyl (C=O) groups is 1. The Balaban J connectivity index is 1.75. The van der Waals surface area contributed by atoms with E-state index >= 15 is 0 Å². The van der Waals surface area contributed by atoms with Crippen LogP contribution >= 0.6 is 0 Å². The lowest BCUT2D eigenvalue weighted by Gasteiger charge is -2.38. The first-order valence-electron chi connectivity index (χ1n) is 7.63. The minimum absolute atomic E-state index is 0.00606. The number of hydrogen-bond acceptors (Lipinski definition) is 3. The van der Waals surface area contributed by atoms with Gasteiger partial charge in [-0.2, -0.15) is 0 Å². The van der Waals surface area contributed by atoms with Crippen LogP contribution in [0.15, 0.2) is 54.6 Å². The lowest BCUT2D eigenvalue weighted by Crippen LogP contribution is -2.52. The quantitative estimate of drug-likeness (QED) is 0.797. The highest BCUT2D eigenvalue weighted by Gasteiger charge is 2.45. The van der Waals surface area contributed by atoms with Crippen LogP contribution in [0.4, 0.5) is 5.69 Å². The molecular weight excluding hydrogens is 276 g/mol. The fourth-order valence-corrected chi connectivity index (χ4v) is 3.79. The van der Waals surface area contributed by atoms with Crippen molar-refractivity contribution in [1.82, 2.24) is 5.32 Å². The van der Waals surface area contributed by atoms with Crippen molar-refractivity contribution in [3.63, 3.8) is 0 Å². The molecule has 0 bridgehead atoms. The molecule has 4 atom stereocenters. The third-order valence-electron chi connectivity index (χ3n) is 4.80. The molecule has 0 spiro atoms. The molecule has 1 fully saturated rings. The zero-order valence-corrected chi connectivity index (χ0v) is 12.1. The number of benzene rings is 2. The molecule has 22 heavy (non-hydrogen) atoms. The fraction of sp³-hybridized carbons (Fsp3) is 0.278. The van der Waals surface area contributed by atoms with E-state index in [1.807, 2.05) is 30.3 Å². The van der Waals surface area contributed by atoms with Gasteiger partial charge in [0.25, 0.3) is 0 Å². The van der Waals surface area contributed by atoms with Gasteiger partial charge < -0.3 is 10.4 Å². The molecule has 4 heteroatoms. The summed E-state index contributed by atoms with van der Waals surface area (Å²) in [6.07, 6.45) is 0.618. The summed E-state index contributed by atoms with van der Waals surface area (Å²) in [5.41, 5.74) is 3.50. The molecule has 2 aliphatic heterocycles. The average Bonchev–Trinajstić information content (AvgIpc) is 2.93. The van der Waals surface area contributed by atoms with Crippen LogP contribution in [0.2, 0.25) is 0 Å². The Bertz CT molecular complexity index is 701. The fourth-order valence-electron chi connectivity index (χ4n) is 3.79. The first kappa shape index (κ1) is 13.3. The molecule has 3 N–H and O–H groups in total. The number of nitrogens with one attached hydrogen (secondary N) is 2. The second kappa shape index (κ2) is 5.14. The summed E-state index contributed by atoms with van der Waals surface area (Å²) < 4.78 is 0. The van der Waals surface area contributed by atoms with E-state index in [9.17, 15) is 9.90 Å². The molecule has 0 aliphatic carbocycles. The Morgan fingerprint density at radius 2 is 1.77 bits per heavy atom. The van der Waals surface area contributed by atoms with Crippen LogP contribution in [0.5, 0.6) is 0 Å².